The molecule has 0 spiro atoms. The molecule has 1 saturated heterocycles. The molecule has 2 fully saturated rings. The number of aromatic nitrogens is 2. The number of hydrogen-bond donors (Lipinski definition) is 1. The van der Waals surface area contributed by atoms with Crippen molar-refractivity contribution in [2.24, 2.45) is 5.92 Å². The first-order valence-electron chi connectivity index (χ1n) is 10.6. The normalized spacial score (nSPS) is 21.5. The van der Waals surface area contributed by atoms with E-state index in [0.717, 1.165) is 44.3 Å². The van der Waals surface area contributed by atoms with Crippen LogP contribution in [0.25, 0.3) is 11.4 Å². The molecular formula is C22H30N4O2. The molecular weight excluding hydrogens is 352 g/mol. The molecule has 6 heteroatoms. The maximum Gasteiger partial charge on any atom is 0.241 e. The van der Waals surface area contributed by atoms with E-state index in [1.807, 2.05) is 24.3 Å². The van der Waals surface area contributed by atoms with Crippen molar-refractivity contribution < 1.29 is 9.32 Å². The minimum Gasteiger partial charge on any atom is -0.353 e. The Morgan fingerprint density at radius 1 is 1.14 bits per heavy atom. The predicted molar refractivity (Wildman–Crippen MR) is 107 cm³/mol. The Bertz CT molecular complexity index is 780. The van der Waals surface area contributed by atoms with Gasteiger partial charge in [0.2, 0.25) is 17.6 Å². The predicted octanol–water partition coefficient (Wildman–Crippen LogP) is 3.71. The number of amides is 1. The smallest absolute Gasteiger partial charge is 0.241 e. The van der Waals surface area contributed by atoms with Gasteiger partial charge in [0.25, 0.3) is 0 Å². The fraction of sp³-hybridized carbons (Fsp3) is 0.591. The van der Waals surface area contributed by atoms with Crippen LogP contribution in [0.15, 0.2) is 28.8 Å². The van der Waals surface area contributed by atoms with Gasteiger partial charge < -0.3 is 9.84 Å². The molecule has 1 unspecified atom stereocenters. The summed E-state index contributed by atoms with van der Waals surface area (Å²) in [5.41, 5.74) is 2.17. The minimum absolute atomic E-state index is 0.0650. The van der Waals surface area contributed by atoms with Crippen molar-refractivity contribution in [2.75, 3.05) is 13.1 Å². The third kappa shape index (κ3) is 4.79. The molecule has 1 aliphatic heterocycles. The Balaban J connectivity index is 1.32. The van der Waals surface area contributed by atoms with E-state index in [0.29, 0.717) is 24.3 Å². The van der Waals surface area contributed by atoms with Crippen LogP contribution in [0.4, 0.5) is 0 Å². The van der Waals surface area contributed by atoms with Gasteiger partial charge in [0.15, 0.2) is 0 Å². The van der Waals surface area contributed by atoms with Gasteiger partial charge in [-0.2, -0.15) is 4.98 Å². The van der Waals surface area contributed by atoms with Gasteiger partial charge in [0.1, 0.15) is 0 Å². The molecule has 1 aliphatic carbocycles. The third-order valence-corrected chi connectivity index (χ3v) is 5.96. The van der Waals surface area contributed by atoms with Crippen LogP contribution < -0.4 is 5.32 Å². The lowest BCUT2D eigenvalue weighted by molar-refractivity contribution is -0.127. The number of aryl methyl sites for hydroxylation is 1. The molecule has 1 aromatic carbocycles. The van der Waals surface area contributed by atoms with E-state index in [4.69, 9.17) is 4.52 Å². The summed E-state index contributed by atoms with van der Waals surface area (Å²) >= 11 is 0. The number of benzene rings is 1. The highest BCUT2D eigenvalue weighted by molar-refractivity contribution is 5.79. The topological polar surface area (TPSA) is 71.3 Å². The lowest BCUT2D eigenvalue weighted by atomic mass is 9.93. The Labute approximate surface area is 166 Å². The second-order valence-corrected chi connectivity index (χ2v) is 8.30. The SMILES string of the molecule is Cc1ccc(-c2noc(CN3CCCC(C(=O)NC4CCCCC4)C3)n2)cc1. The van der Waals surface area contributed by atoms with E-state index in [9.17, 15) is 4.79 Å². The second-order valence-electron chi connectivity index (χ2n) is 8.30. The van der Waals surface area contributed by atoms with E-state index in [2.05, 4.69) is 27.3 Å². The summed E-state index contributed by atoms with van der Waals surface area (Å²) in [4.78, 5) is 19.5. The lowest BCUT2D eigenvalue weighted by Crippen LogP contribution is -2.46. The molecule has 1 N–H and O–H groups in total. The van der Waals surface area contributed by atoms with Gasteiger partial charge in [0.05, 0.1) is 12.5 Å². The Morgan fingerprint density at radius 2 is 1.93 bits per heavy atom. The molecule has 2 aromatic rings. The average molecular weight is 383 g/mol. The zero-order valence-corrected chi connectivity index (χ0v) is 16.7. The van der Waals surface area contributed by atoms with Gasteiger partial charge in [-0.05, 0) is 39.2 Å². The third-order valence-electron chi connectivity index (χ3n) is 5.96. The van der Waals surface area contributed by atoms with Crippen LogP contribution in [0.1, 0.15) is 56.4 Å². The first-order valence-corrected chi connectivity index (χ1v) is 10.6. The fourth-order valence-corrected chi connectivity index (χ4v) is 4.31. The van der Waals surface area contributed by atoms with Crippen molar-refractivity contribution in [3.63, 3.8) is 0 Å². The van der Waals surface area contributed by atoms with Gasteiger partial charge in [-0.15, -0.1) is 0 Å². The molecule has 1 atom stereocenters. The van der Waals surface area contributed by atoms with Gasteiger partial charge in [0, 0.05) is 18.2 Å². The zero-order valence-electron chi connectivity index (χ0n) is 16.7. The largest absolute Gasteiger partial charge is 0.353 e. The summed E-state index contributed by atoms with van der Waals surface area (Å²) in [6.07, 6.45) is 8.04. The van der Waals surface area contributed by atoms with Crippen molar-refractivity contribution in [3.8, 4) is 11.4 Å². The molecule has 2 aliphatic rings. The maximum atomic E-state index is 12.7. The van der Waals surface area contributed by atoms with Gasteiger partial charge in [-0.1, -0.05) is 54.2 Å². The molecule has 0 bridgehead atoms. The highest BCUT2D eigenvalue weighted by Crippen LogP contribution is 2.22. The van der Waals surface area contributed by atoms with Crippen molar-refractivity contribution in [3.05, 3.63) is 35.7 Å². The van der Waals surface area contributed by atoms with E-state index < -0.39 is 0 Å². The van der Waals surface area contributed by atoms with Crippen LogP contribution in [0.3, 0.4) is 0 Å². The Morgan fingerprint density at radius 3 is 2.71 bits per heavy atom. The molecule has 4 rings (SSSR count). The second kappa shape index (κ2) is 8.86. The standard InChI is InChI=1S/C22H30N4O2/c1-16-9-11-17(12-10-16)21-24-20(28-25-21)15-26-13-5-6-18(14-26)22(27)23-19-7-3-2-4-8-19/h9-12,18-19H,2-8,13-15H2,1H3,(H,23,27). The van der Waals surface area contributed by atoms with Crippen molar-refractivity contribution in [1.29, 1.82) is 0 Å². The molecule has 1 saturated carbocycles. The molecule has 28 heavy (non-hydrogen) atoms. The number of carbonyl (C=O) groups excluding carboxylic acids is 1. The van der Waals surface area contributed by atoms with Crippen LogP contribution >= 0.6 is 0 Å². The number of nitrogens with one attached hydrogen (secondary N) is 1. The number of nitrogens with zero attached hydrogens (tertiary/aromatic N) is 3. The number of hydrogen-bond acceptors (Lipinski definition) is 5. The first-order chi connectivity index (χ1) is 13.7. The summed E-state index contributed by atoms with van der Waals surface area (Å²) < 4.78 is 5.47. The van der Waals surface area contributed by atoms with Gasteiger partial charge >= 0.3 is 0 Å². The summed E-state index contributed by atoms with van der Waals surface area (Å²) in [7, 11) is 0. The maximum absolute atomic E-state index is 12.7. The van der Waals surface area contributed by atoms with Crippen LogP contribution in [0.2, 0.25) is 0 Å². The number of piperidine rings is 1. The van der Waals surface area contributed by atoms with Crippen molar-refractivity contribution >= 4 is 5.91 Å². The molecule has 6 nitrogen and oxygen atoms in total. The van der Waals surface area contributed by atoms with Gasteiger partial charge in [-0.3, -0.25) is 9.69 Å². The summed E-state index contributed by atoms with van der Waals surface area (Å²) in [6.45, 7) is 4.39. The molecule has 1 amide bonds. The van der Waals surface area contributed by atoms with Gasteiger partial charge in [-0.25, -0.2) is 0 Å². The molecule has 1 aromatic heterocycles. The van der Waals surface area contributed by atoms with Crippen LogP contribution in [0.5, 0.6) is 0 Å². The highest BCUT2D eigenvalue weighted by atomic mass is 16.5. The Kier molecular flexibility index (Phi) is 6.05. The summed E-state index contributed by atoms with van der Waals surface area (Å²) in [5.74, 6) is 1.53. The minimum atomic E-state index is 0.0650. The average Bonchev–Trinajstić information content (AvgIpc) is 3.18. The van der Waals surface area contributed by atoms with Crippen LogP contribution in [-0.4, -0.2) is 40.1 Å². The summed E-state index contributed by atoms with van der Waals surface area (Å²) in [6, 6.07) is 8.49. The number of rotatable bonds is 5. The molecule has 150 valence electrons. The van der Waals surface area contributed by atoms with E-state index in [-0.39, 0.29) is 11.8 Å². The number of likely N-dealkylation sites (tertiary alicyclic amines) is 1. The Hall–Kier alpha value is -2.21. The van der Waals surface area contributed by atoms with E-state index in [1.54, 1.807) is 0 Å². The lowest BCUT2D eigenvalue weighted by Gasteiger charge is -2.32. The van der Waals surface area contributed by atoms with Crippen molar-refractivity contribution in [2.45, 2.75) is 64.5 Å². The quantitative estimate of drug-likeness (QED) is 0.854. The van der Waals surface area contributed by atoms with E-state index in [1.165, 1.54) is 24.8 Å². The monoisotopic (exact) mass is 382 g/mol. The highest BCUT2D eigenvalue weighted by Gasteiger charge is 2.28. The van der Waals surface area contributed by atoms with Crippen molar-refractivity contribution in [1.82, 2.24) is 20.4 Å². The number of carbonyl (C=O) groups is 1. The van der Waals surface area contributed by atoms with Crippen LogP contribution in [-0.2, 0) is 11.3 Å². The summed E-state index contributed by atoms with van der Waals surface area (Å²) in [5, 5.41) is 7.41. The van der Waals surface area contributed by atoms with Crippen LogP contribution in [0, 0.1) is 12.8 Å². The first kappa shape index (κ1) is 19.1. The zero-order chi connectivity index (χ0) is 19.3. The van der Waals surface area contributed by atoms with E-state index >= 15 is 0 Å². The molecule has 0 radical (unpaired) electrons. The molecule has 2 heterocycles. The fourth-order valence-electron chi connectivity index (χ4n) is 4.31.